The first-order chi connectivity index (χ1) is 9.74. The first-order valence-corrected chi connectivity index (χ1v) is 6.97. The summed E-state index contributed by atoms with van der Waals surface area (Å²) >= 11 is 5.83. The summed E-state index contributed by atoms with van der Waals surface area (Å²) < 4.78 is 2.11. The maximum atomic E-state index is 11.7. The van der Waals surface area contributed by atoms with Gasteiger partial charge in [0.1, 0.15) is 12.4 Å². The molecule has 1 amide bonds. The van der Waals surface area contributed by atoms with Crippen molar-refractivity contribution >= 4 is 23.3 Å². The lowest BCUT2D eigenvalue weighted by Crippen LogP contribution is -3.00. The molecule has 2 aromatic rings. The Kier molecular flexibility index (Phi) is 7.93. The number of halogens is 2. The second-order valence-electron chi connectivity index (χ2n) is 4.48. The van der Waals surface area contributed by atoms with E-state index in [0.29, 0.717) is 17.3 Å². The molecule has 0 spiro atoms. The number of hydrogen-bond acceptors (Lipinski definition) is 2. The molecule has 0 aliphatic rings. The van der Waals surface area contributed by atoms with Gasteiger partial charge in [-0.15, -0.1) is 0 Å². The molecule has 112 valence electrons. The number of anilines is 1. The number of pyridine rings is 2. The SMILES string of the molecule is O=C(CCCC[n+]1ccccc1)Nc1cc(Cl)ccn1.[Br-]. The molecular weight excluding hydrogens is 354 g/mol. The summed E-state index contributed by atoms with van der Waals surface area (Å²) in [7, 11) is 0. The van der Waals surface area contributed by atoms with Crippen molar-refractivity contribution < 1.29 is 26.3 Å². The Bertz CT molecular complexity index is 566. The van der Waals surface area contributed by atoms with Gasteiger partial charge in [0, 0.05) is 36.2 Å². The van der Waals surface area contributed by atoms with Crippen LogP contribution in [0.5, 0.6) is 0 Å². The standard InChI is InChI=1S/C15H16ClN3O.BrH/c16-13-7-8-17-14(12-13)18-15(20)6-2-5-11-19-9-3-1-4-10-19;/h1,3-4,7-10,12H,2,5-6,11H2;1H. The molecule has 6 heteroatoms. The van der Waals surface area contributed by atoms with Crippen LogP contribution >= 0.6 is 11.6 Å². The monoisotopic (exact) mass is 369 g/mol. The van der Waals surface area contributed by atoms with E-state index in [1.807, 2.05) is 30.6 Å². The van der Waals surface area contributed by atoms with Crippen molar-refractivity contribution in [2.75, 3.05) is 5.32 Å². The molecule has 0 aromatic carbocycles. The van der Waals surface area contributed by atoms with Crippen molar-refractivity contribution in [3.8, 4) is 0 Å². The van der Waals surface area contributed by atoms with Gasteiger partial charge < -0.3 is 22.3 Å². The summed E-state index contributed by atoms with van der Waals surface area (Å²) in [5, 5.41) is 3.31. The average molecular weight is 371 g/mol. The third-order valence-corrected chi connectivity index (χ3v) is 3.07. The van der Waals surface area contributed by atoms with Crippen LogP contribution in [0, 0.1) is 0 Å². The van der Waals surface area contributed by atoms with E-state index in [4.69, 9.17) is 11.6 Å². The predicted molar refractivity (Wildman–Crippen MR) is 78.4 cm³/mol. The number of aromatic nitrogens is 2. The van der Waals surface area contributed by atoms with Gasteiger partial charge in [-0.3, -0.25) is 4.79 Å². The predicted octanol–water partition coefficient (Wildman–Crippen LogP) is -0.164. The van der Waals surface area contributed by atoms with Gasteiger partial charge in [-0.25, -0.2) is 9.55 Å². The molecule has 0 aliphatic carbocycles. The fraction of sp³-hybridized carbons (Fsp3) is 0.267. The van der Waals surface area contributed by atoms with Crippen LogP contribution in [0.1, 0.15) is 19.3 Å². The lowest BCUT2D eigenvalue weighted by atomic mass is 10.2. The summed E-state index contributed by atoms with van der Waals surface area (Å²) in [5.74, 6) is 0.470. The van der Waals surface area contributed by atoms with E-state index < -0.39 is 0 Å². The van der Waals surface area contributed by atoms with E-state index in [0.717, 1.165) is 19.4 Å². The van der Waals surface area contributed by atoms with Crippen LogP contribution in [0.3, 0.4) is 0 Å². The van der Waals surface area contributed by atoms with Gasteiger partial charge in [0.2, 0.25) is 5.91 Å². The summed E-state index contributed by atoms with van der Waals surface area (Å²) in [6, 6.07) is 9.30. The van der Waals surface area contributed by atoms with Crippen molar-refractivity contribution in [2.24, 2.45) is 0 Å². The van der Waals surface area contributed by atoms with Gasteiger partial charge in [0.05, 0.1) is 0 Å². The van der Waals surface area contributed by atoms with Gasteiger partial charge in [-0.2, -0.15) is 0 Å². The number of unbranched alkanes of at least 4 members (excludes halogenated alkanes) is 1. The molecule has 0 atom stereocenters. The Balaban J connectivity index is 0.00000220. The summed E-state index contributed by atoms with van der Waals surface area (Å²) in [5.41, 5.74) is 0. The Morgan fingerprint density at radius 1 is 1.24 bits per heavy atom. The second-order valence-corrected chi connectivity index (χ2v) is 4.91. The van der Waals surface area contributed by atoms with Gasteiger partial charge in [-0.05, 0) is 18.6 Å². The Labute approximate surface area is 139 Å². The highest BCUT2D eigenvalue weighted by atomic mass is 79.9. The third-order valence-electron chi connectivity index (χ3n) is 2.84. The fourth-order valence-electron chi connectivity index (χ4n) is 1.84. The molecule has 1 N–H and O–H groups in total. The van der Waals surface area contributed by atoms with E-state index in [-0.39, 0.29) is 22.9 Å². The molecule has 0 bridgehead atoms. The summed E-state index contributed by atoms with van der Waals surface area (Å²) in [4.78, 5) is 15.8. The number of nitrogens with zero attached hydrogens (tertiary/aromatic N) is 2. The molecule has 21 heavy (non-hydrogen) atoms. The minimum atomic E-state index is -0.0298. The van der Waals surface area contributed by atoms with Crippen molar-refractivity contribution in [1.29, 1.82) is 0 Å². The maximum Gasteiger partial charge on any atom is 0.225 e. The minimum absolute atomic E-state index is 0. The zero-order chi connectivity index (χ0) is 14.2. The second kappa shape index (κ2) is 9.47. The molecule has 0 saturated carbocycles. The zero-order valence-corrected chi connectivity index (χ0v) is 13.8. The Hall–Kier alpha value is -1.46. The molecule has 4 nitrogen and oxygen atoms in total. The minimum Gasteiger partial charge on any atom is -1.00 e. The van der Waals surface area contributed by atoms with E-state index in [9.17, 15) is 4.79 Å². The molecule has 0 radical (unpaired) electrons. The molecule has 2 heterocycles. The van der Waals surface area contributed by atoms with Gasteiger partial charge in [0.15, 0.2) is 12.4 Å². The molecule has 2 aromatic heterocycles. The third kappa shape index (κ3) is 6.69. The van der Waals surface area contributed by atoms with Gasteiger partial charge >= 0.3 is 0 Å². The van der Waals surface area contributed by atoms with Gasteiger partial charge in [0.25, 0.3) is 0 Å². The van der Waals surface area contributed by atoms with Crippen LogP contribution in [0.15, 0.2) is 48.9 Å². The molecular formula is C15H17BrClN3O. The maximum absolute atomic E-state index is 11.7. The zero-order valence-electron chi connectivity index (χ0n) is 11.5. The van der Waals surface area contributed by atoms with Crippen LogP contribution in [0.2, 0.25) is 5.02 Å². The Morgan fingerprint density at radius 2 is 2.00 bits per heavy atom. The van der Waals surface area contributed by atoms with E-state index in [1.165, 1.54) is 0 Å². The van der Waals surface area contributed by atoms with Gasteiger partial charge in [-0.1, -0.05) is 17.7 Å². The number of carbonyl (C=O) groups excluding carboxylic acids is 1. The smallest absolute Gasteiger partial charge is 0.225 e. The van der Waals surface area contributed by atoms with Crippen LogP contribution in [0.4, 0.5) is 5.82 Å². The number of amides is 1. The number of aryl methyl sites for hydroxylation is 1. The lowest BCUT2D eigenvalue weighted by molar-refractivity contribution is -0.697. The van der Waals surface area contributed by atoms with Crippen molar-refractivity contribution in [2.45, 2.75) is 25.8 Å². The lowest BCUT2D eigenvalue weighted by Gasteiger charge is -2.03. The largest absolute Gasteiger partial charge is 1.00 e. The van der Waals surface area contributed by atoms with Crippen LogP contribution in [0.25, 0.3) is 0 Å². The highest BCUT2D eigenvalue weighted by Crippen LogP contribution is 2.12. The fourth-order valence-corrected chi connectivity index (χ4v) is 2.00. The summed E-state index contributed by atoms with van der Waals surface area (Å²) in [6.45, 7) is 0.920. The van der Waals surface area contributed by atoms with Crippen LogP contribution < -0.4 is 26.9 Å². The van der Waals surface area contributed by atoms with Crippen LogP contribution in [-0.4, -0.2) is 10.9 Å². The first-order valence-electron chi connectivity index (χ1n) is 6.59. The van der Waals surface area contributed by atoms with E-state index in [2.05, 4.69) is 14.9 Å². The number of nitrogens with one attached hydrogen (secondary N) is 1. The average Bonchev–Trinajstić information content (AvgIpc) is 2.45. The molecule has 0 aliphatic heterocycles. The highest BCUT2D eigenvalue weighted by Gasteiger charge is 2.05. The van der Waals surface area contributed by atoms with Crippen LogP contribution in [-0.2, 0) is 11.3 Å². The normalized spacial score (nSPS) is 9.76. The van der Waals surface area contributed by atoms with Crippen molar-refractivity contribution in [3.05, 3.63) is 53.9 Å². The molecule has 0 unspecified atom stereocenters. The Morgan fingerprint density at radius 3 is 2.71 bits per heavy atom. The first kappa shape index (κ1) is 17.6. The number of carbonyl (C=O) groups is 1. The van der Waals surface area contributed by atoms with E-state index >= 15 is 0 Å². The highest BCUT2D eigenvalue weighted by molar-refractivity contribution is 6.30. The van der Waals surface area contributed by atoms with Crippen molar-refractivity contribution in [1.82, 2.24) is 4.98 Å². The van der Waals surface area contributed by atoms with E-state index in [1.54, 1.807) is 18.3 Å². The molecule has 2 rings (SSSR count). The number of hydrogen-bond donors (Lipinski definition) is 1. The molecule has 0 saturated heterocycles. The quantitative estimate of drug-likeness (QED) is 0.567. The number of rotatable bonds is 6. The van der Waals surface area contributed by atoms with Crippen molar-refractivity contribution in [3.63, 3.8) is 0 Å². The molecule has 0 fully saturated rings. The topological polar surface area (TPSA) is 45.9 Å². The summed E-state index contributed by atoms with van der Waals surface area (Å²) in [6.07, 6.45) is 7.91.